The van der Waals surface area contributed by atoms with Gasteiger partial charge in [0.05, 0.1) is 4.92 Å². The van der Waals surface area contributed by atoms with Crippen molar-refractivity contribution in [2.24, 2.45) is 0 Å². The summed E-state index contributed by atoms with van der Waals surface area (Å²) in [6.07, 6.45) is 2.97. The lowest BCUT2D eigenvalue weighted by Crippen LogP contribution is -2.35. The topological polar surface area (TPSA) is 75.5 Å². The van der Waals surface area contributed by atoms with Gasteiger partial charge in [-0.05, 0) is 49.9 Å². The molecule has 2 aromatic rings. The third kappa shape index (κ3) is 3.37. The van der Waals surface area contributed by atoms with E-state index in [1.54, 1.807) is 17.0 Å². The lowest BCUT2D eigenvalue weighted by atomic mass is 10.1. The van der Waals surface area contributed by atoms with E-state index >= 15 is 0 Å². The molecule has 2 aromatic carbocycles. The summed E-state index contributed by atoms with van der Waals surface area (Å²) < 4.78 is 0. The molecule has 0 atom stereocenters. The summed E-state index contributed by atoms with van der Waals surface area (Å²) in [6, 6.07) is 11.8. The number of urea groups is 1. The Balaban J connectivity index is 1.81. The number of hydrogen-bond acceptors (Lipinski definition) is 3. The second-order valence-corrected chi connectivity index (χ2v) is 5.98. The first-order valence-corrected chi connectivity index (χ1v) is 7.97. The number of aryl methyl sites for hydroxylation is 2. The van der Waals surface area contributed by atoms with Gasteiger partial charge in [-0.3, -0.25) is 15.0 Å². The summed E-state index contributed by atoms with van der Waals surface area (Å²) in [7, 11) is 0. The van der Waals surface area contributed by atoms with Crippen LogP contribution in [-0.2, 0) is 6.42 Å². The number of non-ortho nitro benzene ring substituents is 1. The molecule has 6 heteroatoms. The molecule has 0 bridgehead atoms. The second kappa shape index (κ2) is 6.70. The zero-order valence-corrected chi connectivity index (χ0v) is 13.5. The van der Waals surface area contributed by atoms with E-state index in [4.69, 9.17) is 0 Å². The Morgan fingerprint density at radius 3 is 2.62 bits per heavy atom. The van der Waals surface area contributed by atoms with Crippen molar-refractivity contribution in [3.05, 3.63) is 63.7 Å². The molecule has 124 valence electrons. The molecule has 0 aromatic heterocycles. The third-order valence-electron chi connectivity index (χ3n) is 4.18. The first kappa shape index (κ1) is 16.0. The molecule has 1 heterocycles. The van der Waals surface area contributed by atoms with Crippen molar-refractivity contribution in [2.45, 2.75) is 26.2 Å². The predicted octanol–water partition coefficient (Wildman–Crippen LogP) is 4.28. The third-order valence-corrected chi connectivity index (χ3v) is 4.18. The van der Waals surface area contributed by atoms with Crippen molar-refractivity contribution in [1.29, 1.82) is 0 Å². The Hall–Kier alpha value is -2.89. The van der Waals surface area contributed by atoms with Crippen LogP contribution < -0.4 is 10.2 Å². The maximum absolute atomic E-state index is 12.7. The van der Waals surface area contributed by atoms with Gasteiger partial charge < -0.3 is 5.32 Å². The number of carbonyl (C=O) groups excluding carboxylic acids is 1. The molecule has 2 amide bonds. The number of carbonyl (C=O) groups is 1. The maximum atomic E-state index is 12.7. The highest BCUT2D eigenvalue weighted by Crippen LogP contribution is 2.28. The minimum Gasteiger partial charge on any atom is -0.308 e. The van der Waals surface area contributed by atoms with Gasteiger partial charge in [-0.25, -0.2) is 4.79 Å². The molecular formula is C18H19N3O3. The van der Waals surface area contributed by atoms with Gasteiger partial charge in [0.2, 0.25) is 0 Å². The zero-order chi connectivity index (χ0) is 17.1. The van der Waals surface area contributed by atoms with Crippen molar-refractivity contribution in [3.63, 3.8) is 0 Å². The molecule has 0 aliphatic carbocycles. The van der Waals surface area contributed by atoms with E-state index in [0.29, 0.717) is 12.2 Å². The van der Waals surface area contributed by atoms with Gasteiger partial charge in [0.1, 0.15) is 0 Å². The number of amides is 2. The van der Waals surface area contributed by atoms with E-state index in [1.807, 2.05) is 19.1 Å². The van der Waals surface area contributed by atoms with Crippen molar-refractivity contribution >= 4 is 23.1 Å². The van der Waals surface area contributed by atoms with Crippen LogP contribution in [0.5, 0.6) is 0 Å². The van der Waals surface area contributed by atoms with E-state index in [1.165, 1.54) is 23.3 Å². The minimum absolute atomic E-state index is 0.00333. The lowest BCUT2D eigenvalue weighted by Gasteiger charge is -2.23. The lowest BCUT2D eigenvalue weighted by molar-refractivity contribution is -0.384. The predicted molar refractivity (Wildman–Crippen MR) is 93.6 cm³/mol. The Morgan fingerprint density at radius 1 is 1.17 bits per heavy atom. The molecule has 1 aliphatic heterocycles. The molecule has 0 saturated carbocycles. The number of benzene rings is 2. The van der Waals surface area contributed by atoms with Gasteiger partial charge in [0.15, 0.2) is 0 Å². The van der Waals surface area contributed by atoms with Crippen molar-refractivity contribution in [2.75, 3.05) is 16.8 Å². The van der Waals surface area contributed by atoms with Crippen LogP contribution in [0.15, 0.2) is 42.5 Å². The molecule has 0 spiro atoms. The fourth-order valence-corrected chi connectivity index (χ4v) is 2.95. The van der Waals surface area contributed by atoms with E-state index < -0.39 is 4.92 Å². The second-order valence-electron chi connectivity index (χ2n) is 5.98. The van der Waals surface area contributed by atoms with Crippen molar-refractivity contribution in [1.82, 2.24) is 0 Å². The zero-order valence-electron chi connectivity index (χ0n) is 13.5. The summed E-state index contributed by atoms with van der Waals surface area (Å²) in [4.78, 5) is 24.7. The van der Waals surface area contributed by atoms with Crippen LogP contribution in [0.2, 0.25) is 0 Å². The monoisotopic (exact) mass is 325 g/mol. The minimum atomic E-state index is -0.459. The summed E-state index contributed by atoms with van der Waals surface area (Å²) in [5, 5.41) is 13.5. The number of nitro groups is 1. The number of anilines is 2. The number of rotatable bonds is 2. The van der Waals surface area contributed by atoms with Crippen LogP contribution >= 0.6 is 0 Å². The number of nitrogens with one attached hydrogen (secondary N) is 1. The van der Waals surface area contributed by atoms with Gasteiger partial charge in [-0.1, -0.05) is 17.7 Å². The first-order chi connectivity index (χ1) is 11.5. The van der Waals surface area contributed by atoms with Gasteiger partial charge in [0, 0.05) is 30.1 Å². The standard InChI is InChI=1S/C18H19N3O3/c1-13-5-10-17-14(12-13)4-2-3-11-20(17)18(22)19-15-6-8-16(9-7-15)21(23)24/h5-10,12H,2-4,11H2,1H3,(H,19,22). The Labute approximate surface area is 140 Å². The Kier molecular flexibility index (Phi) is 4.46. The van der Waals surface area contributed by atoms with Gasteiger partial charge >= 0.3 is 6.03 Å². The highest BCUT2D eigenvalue weighted by atomic mass is 16.6. The quantitative estimate of drug-likeness (QED) is 0.661. The van der Waals surface area contributed by atoms with Crippen molar-refractivity contribution < 1.29 is 9.72 Å². The summed E-state index contributed by atoms with van der Waals surface area (Å²) in [6.45, 7) is 2.71. The Morgan fingerprint density at radius 2 is 1.92 bits per heavy atom. The van der Waals surface area contributed by atoms with Crippen LogP contribution in [0, 0.1) is 17.0 Å². The molecule has 0 saturated heterocycles. The largest absolute Gasteiger partial charge is 0.326 e. The average Bonchev–Trinajstić information content (AvgIpc) is 2.77. The Bertz CT molecular complexity index is 772. The average molecular weight is 325 g/mol. The van der Waals surface area contributed by atoms with E-state index in [-0.39, 0.29) is 11.7 Å². The van der Waals surface area contributed by atoms with Crippen LogP contribution in [0.1, 0.15) is 24.0 Å². The summed E-state index contributed by atoms with van der Waals surface area (Å²) in [5.41, 5.74) is 3.86. The van der Waals surface area contributed by atoms with Gasteiger partial charge in [-0.2, -0.15) is 0 Å². The highest BCUT2D eigenvalue weighted by molar-refractivity contribution is 6.02. The van der Waals surface area contributed by atoms with Crippen LogP contribution in [0.25, 0.3) is 0 Å². The van der Waals surface area contributed by atoms with Crippen LogP contribution in [0.4, 0.5) is 21.9 Å². The number of nitro benzene ring substituents is 1. The van der Waals surface area contributed by atoms with E-state index in [0.717, 1.165) is 24.9 Å². The molecule has 1 N–H and O–H groups in total. The van der Waals surface area contributed by atoms with Crippen molar-refractivity contribution in [3.8, 4) is 0 Å². The number of fused-ring (bicyclic) bond motifs is 1. The van der Waals surface area contributed by atoms with Crippen LogP contribution in [-0.4, -0.2) is 17.5 Å². The van der Waals surface area contributed by atoms with Crippen LogP contribution in [0.3, 0.4) is 0 Å². The fourth-order valence-electron chi connectivity index (χ4n) is 2.95. The maximum Gasteiger partial charge on any atom is 0.326 e. The molecule has 6 nitrogen and oxygen atoms in total. The number of hydrogen-bond donors (Lipinski definition) is 1. The summed E-state index contributed by atoms with van der Waals surface area (Å²) >= 11 is 0. The fraction of sp³-hybridized carbons (Fsp3) is 0.278. The smallest absolute Gasteiger partial charge is 0.308 e. The molecular weight excluding hydrogens is 306 g/mol. The molecule has 3 rings (SSSR count). The molecule has 0 radical (unpaired) electrons. The molecule has 24 heavy (non-hydrogen) atoms. The highest BCUT2D eigenvalue weighted by Gasteiger charge is 2.21. The van der Waals surface area contributed by atoms with E-state index in [2.05, 4.69) is 11.4 Å². The SMILES string of the molecule is Cc1ccc2c(c1)CCCCN2C(=O)Nc1ccc([N+](=O)[O-])cc1. The molecule has 0 fully saturated rings. The molecule has 0 unspecified atom stereocenters. The van der Waals surface area contributed by atoms with Gasteiger partial charge in [-0.15, -0.1) is 0 Å². The van der Waals surface area contributed by atoms with Gasteiger partial charge in [0.25, 0.3) is 5.69 Å². The van der Waals surface area contributed by atoms with E-state index in [9.17, 15) is 14.9 Å². The number of nitrogens with zero attached hydrogens (tertiary/aromatic N) is 2. The normalized spacial score (nSPS) is 13.8. The molecule has 1 aliphatic rings. The summed E-state index contributed by atoms with van der Waals surface area (Å²) in [5.74, 6) is 0. The first-order valence-electron chi connectivity index (χ1n) is 7.97.